The summed E-state index contributed by atoms with van der Waals surface area (Å²) in [7, 11) is 1.38. The molecule has 1 atom stereocenters. The number of ether oxygens (including phenoxy) is 2. The van der Waals surface area contributed by atoms with Crippen LogP contribution in [0.3, 0.4) is 0 Å². The molecule has 1 aliphatic carbocycles. The quantitative estimate of drug-likeness (QED) is 0.833. The molecule has 0 bridgehead atoms. The molecule has 1 aromatic rings. The SMILES string of the molecule is COC(=O)c1sc(C)c(C)c1OCC(N)C1CC1. The van der Waals surface area contributed by atoms with Crippen LogP contribution in [-0.2, 0) is 4.74 Å². The zero-order valence-electron chi connectivity index (χ0n) is 11.0. The van der Waals surface area contributed by atoms with Gasteiger partial charge in [-0.15, -0.1) is 11.3 Å². The Balaban J connectivity index is 2.11. The van der Waals surface area contributed by atoms with E-state index in [1.54, 1.807) is 0 Å². The Hall–Kier alpha value is -1.07. The second kappa shape index (κ2) is 5.28. The molecular formula is C13H19NO3S. The van der Waals surface area contributed by atoms with E-state index < -0.39 is 0 Å². The maximum absolute atomic E-state index is 11.7. The summed E-state index contributed by atoms with van der Waals surface area (Å²) in [5.74, 6) is 0.887. The molecule has 4 nitrogen and oxygen atoms in total. The van der Waals surface area contributed by atoms with Crippen LogP contribution in [0.15, 0.2) is 0 Å². The van der Waals surface area contributed by atoms with Gasteiger partial charge in [0.15, 0.2) is 4.88 Å². The van der Waals surface area contributed by atoms with Gasteiger partial charge in [-0.05, 0) is 32.6 Å². The van der Waals surface area contributed by atoms with Crippen molar-refractivity contribution in [1.82, 2.24) is 0 Å². The third-order valence-electron chi connectivity index (χ3n) is 3.35. The Kier molecular flexibility index (Phi) is 3.92. The van der Waals surface area contributed by atoms with E-state index in [0.717, 1.165) is 10.4 Å². The van der Waals surface area contributed by atoms with E-state index in [9.17, 15) is 4.79 Å². The van der Waals surface area contributed by atoms with Gasteiger partial charge in [-0.3, -0.25) is 0 Å². The van der Waals surface area contributed by atoms with Crippen molar-refractivity contribution in [2.45, 2.75) is 32.7 Å². The van der Waals surface area contributed by atoms with Crippen LogP contribution in [0.2, 0.25) is 0 Å². The zero-order chi connectivity index (χ0) is 13.3. The number of hydrogen-bond donors (Lipinski definition) is 1. The molecule has 0 amide bonds. The molecular weight excluding hydrogens is 250 g/mol. The van der Waals surface area contributed by atoms with Gasteiger partial charge < -0.3 is 15.2 Å². The molecule has 1 aromatic heterocycles. The molecule has 100 valence electrons. The molecule has 1 unspecified atom stereocenters. The van der Waals surface area contributed by atoms with E-state index in [4.69, 9.17) is 15.2 Å². The van der Waals surface area contributed by atoms with Gasteiger partial charge in [0.2, 0.25) is 0 Å². The van der Waals surface area contributed by atoms with Crippen LogP contribution in [0.4, 0.5) is 0 Å². The monoisotopic (exact) mass is 269 g/mol. The summed E-state index contributed by atoms with van der Waals surface area (Å²) >= 11 is 1.41. The highest BCUT2D eigenvalue weighted by Gasteiger charge is 2.30. The molecule has 1 heterocycles. The predicted molar refractivity (Wildman–Crippen MR) is 71.3 cm³/mol. The summed E-state index contributed by atoms with van der Waals surface area (Å²) in [4.78, 5) is 13.3. The van der Waals surface area contributed by atoms with Gasteiger partial charge in [-0.2, -0.15) is 0 Å². The van der Waals surface area contributed by atoms with Crippen molar-refractivity contribution >= 4 is 17.3 Å². The van der Waals surface area contributed by atoms with Crippen LogP contribution < -0.4 is 10.5 Å². The highest BCUT2D eigenvalue weighted by atomic mass is 32.1. The Bertz CT molecular complexity index is 451. The Morgan fingerprint density at radius 1 is 1.50 bits per heavy atom. The standard InChI is InChI=1S/C13H19NO3S/c1-7-8(2)18-12(13(15)16-3)11(7)17-6-10(14)9-4-5-9/h9-10H,4-6,14H2,1-3H3. The van der Waals surface area contributed by atoms with Crippen molar-refractivity contribution in [3.05, 3.63) is 15.3 Å². The van der Waals surface area contributed by atoms with E-state index >= 15 is 0 Å². The maximum atomic E-state index is 11.7. The minimum absolute atomic E-state index is 0.0649. The van der Waals surface area contributed by atoms with Gasteiger partial charge in [0.25, 0.3) is 0 Å². The van der Waals surface area contributed by atoms with Gasteiger partial charge in [0.1, 0.15) is 12.4 Å². The van der Waals surface area contributed by atoms with E-state index in [2.05, 4.69) is 0 Å². The fourth-order valence-corrected chi connectivity index (χ4v) is 2.87. The zero-order valence-corrected chi connectivity index (χ0v) is 11.8. The molecule has 0 aromatic carbocycles. The largest absolute Gasteiger partial charge is 0.490 e. The van der Waals surface area contributed by atoms with Crippen LogP contribution in [-0.4, -0.2) is 25.7 Å². The summed E-state index contributed by atoms with van der Waals surface area (Å²) in [6.45, 7) is 4.39. The van der Waals surface area contributed by atoms with Crippen molar-refractivity contribution < 1.29 is 14.3 Å². The second-order valence-corrected chi connectivity index (χ2v) is 5.97. The number of hydrogen-bond acceptors (Lipinski definition) is 5. The summed E-state index contributed by atoms with van der Waals surface area (Å²) in [5, 5.41) is 0. The lowest BCUT2D eigenvalue weighted by molar-refractivity contribution is 0.0601. The smallest absolute Gasteiger partial charge is 0.351 e. The minimum atomic E-state index is -0.341. The lowest BCUT2D eigenvalue weighted by Gasteiger charge is -2.13. The van der Waals surface area contributed by atoms with Crippen LogP contribution in [0.1, 0.15) is 33.0 Å². The fraction of sp³-hybridized carbons (Fsp3) is 0.615. The summed E-state index contributed by atoms with van der Waals surface area (Å²) in [6.07, 6.45) is 2.38. The van der Waals surface area contributed by atoms with Crippen LogP contribution in [0, 0.1) is 19.8 Å². The van der Waals surface area contributed by atoms with E-state index in [1.165, 1.54) is 31.3 Å². The summed E-state index contributed by atoms with van der Waals surface area (Å²) < 4.78 is 10.5. The molecule has 1 aliphatic rings. The number of carbonyl (C=O) groups is 1. The normalized spacial score (nSPS) is 16.4. The van der Waals surface area contributed by atoms with E-state index in [0.29, 0.717) is 23.2 Å². The molecule has 5 heteroatoms. The van der Waals surface area contributed by atoms with Gasteiger partial charge in [-0.1, -0.05) is 0 Å². The Morgan fingerprint density at radius 3 is 2.72 bits per heavy atom. The summed E-state index contributed by atoms with van der Waals surface area (Å²) in [5.41, 5.74) is 7.01. The molecule has 0 radical (unpaired) electrons. The van der Waals surface area contributed by atoms with E-state index in [-0.39, 0.29) is 12.0 Å². The number of thiophene rings is 1. The maximum Gasteiger partial charge on any atom is 0.351 e. The van der Waals surface area contributed by atoms with Gasteiger partial charge in [-0.25, -0.2) is 4.79 Å². The number of rotatable bonds is 5. The summed E-state index contributed by atoms with van der Waals surface area (Å²) in [6, 6.07) is 0.0649. The number of nitrogens with two attached hydrogens (primary N) is 1. The van der Waals surface area contributed by atoms with E-state index in [1.807, 2.05) is 13.8 Å². The van der Waals surface area contributed by atoms with Crippen LogP contribution in [0.5, 0.6) is 5.75 Å². The molecule has 2 rings (SSSR count). The van der Waals surface area contributed by atoms with Gasteiger partial charge in [0.05, 0.1) is 7.11 Å². The predicted octanol–water partition coefficient (Wildman–Crippen LogP) is 2.27. The number of carbonyl (C=O) groups excluding carboxylic acids is 1. The molecule has 0 saturated heterocycles. The lowest BCUT2D eigenvalue weighted by Crippen LogP contribution is -2.30. The average Bonchev–Trinajstić information content (AvgIpc) is 3.16. The van der Waals surface area contributed by atoms with Crippen LogP contribution in [0.25, 0.3) is 0 Å². The Labute approximate surface area is 111 Å². The van der Waals surface area contributed by atoms with Crippen molar-refractivity contribution in [2.24, 2.45) is 11.7 Å². The third-order valence-corrected chi connectivity index (χ3v) is 4.52. The number of aryl methyl sites for hydroxylation is 1. The van der Waals surface area contributed by atoms with Crippen molar-refractivity contribution in [1.29, 1.82) is 0 Å². The van der Waals surface area contributed by atoms with Gasteiger partial charge >= 0.3 is 5.97 Å². The molecule has 18 heavy (non-hydrogen) atoms. The first kappa shape index (κ1) is 13.4. The molecule has 2 N–H and O–H groups in total. The first-order valence-corrected chi connectivity index (χ1v) is 6.93. The molecule has 0 aliphatic heterocycles. The van der Waals surface area contributed by atoms with Crippen LogP contribution >= 0.6 is 11.3 Å². The third kappa shape index (κ3) is 2.67. The second-order valence-electron chi connectivity index (χ2n) is 4.75. The van der Waals surface area contributed by atoms with Gasteiger partial charge in [0, 0.05) is 16.5 Å². The number of esters is 1. The first-order chi connectivity index (χ1) is 8.54. The number of methoxy groups -OCH3 is 1. The average molecular weight is 269 g/mol. The lowest BCUT2D eigenvalue weighted by atomic mass is 10.2. The first-order valence-electron chi connectivity index (χ1n) is 6.11. The molecule has 0 spiro atoms. The molecule has 1 fully saturated rings. The molecule has 1 saturated carbocycles. The fourth-order valence-electron chi connectivity index (χ4n) is 1.85. The highest BCUT2D eigenvalue weighted by Crippen LogP contribution is 2.36. The topological polar surface area (TPSA) is 61.5 Å². The minimum Gasteiger partial charge on any atom is -0.490 e. The highest BCUT2D eigenvalue weighted by molar-refractivity contribution is 7.14. The van der Waals surface area contributed by atoms with Crippen molar-refractivity contribution in [3.8, 4) is 5.75 Å². The van der Waals surface area contributed by atoms with Crippen molar-refractivity contribution in [3.63, 3.8) is 0 Å². The Morgan fingerprint density at radius 2 is 2.17 bits per heavy atom. The van der Waals surface area contributed by atoms with Crippen molar-refractivity contribution in [2.75, 3.05) is 13.7 Å².